The third kappa shape index (κ3) is 9.35. The molecule has 1 aliphatic rings. The second kappa shape index (κ2) is 11.6. The maximum Gasteiger partial charge on any atom is 0.108 e. The van der Waals surface area contributed by atoms with Crippen molar-refractivity contribution in [3.63, 3.8) is 0 Å². The van der Waals surface area contributed by atoms with E-state index in [4.69, 9.17) is 4.74 Å². The maximum atomic E-state index is 5.45. The molecule has 19 heavy (non-hydrogen) atoms. The molecule has 0 radical (unpaired) electrons. The third-order valence-corrected chi connectivity index (χ3v) is 3.56. The largest absolute Gasteiger partial charge is 0.367 e. The summed E-state index contributed by atoms with van der Waals surface area (Å²) in [5, 5.41) is 10.4. The van der Waals surface area contributed by atoms with Crippen molar-refractivity contribution in [1.82, 2.24) is 20.9 Å². The molecule has 1 fully saturated rings. The van der Waals surface area contributed by atoms with Gasteiger partial charge in [0.2, 0.25) is 0 Å². The summed E-state index contributed by atoms with van der Waals surface area (Å²) in [5.74, 6) is 0. The van der Waals surface area contributed by atoms with Crippen LogP contribution >= 0.6 is 0 Å². The van der Waals surface area contributed by atoms with Crippen molar-refractivity contribution >= 4 is 0 Å². The predicted octanol–water partition coefficient (Wildman–Crippen LogP) is 0.234. The number of ether oxygens (including phenoxy) is 1. The Bertz CT molecular complexity index is 204. The highest BCUT2D eigenvalue weighted by Gasteiger charge is 2.06. The van der Waals surface area contributed by atoms with Crippen LogP contribution in [-0.2, 0) is 4.74 Å². The molecule has 3 N–H and O–H groups in total. The fourth-order valence-electron chi connectivity index (χ4n) is 2.32. The monoisotopic (exact) mass is 272 g/mol. The van der Waals surface area contributed by atoms with Crippen molar-refractivity contribution < 1.29 is 4.74 Å². The summed E-state index contributed by atoms with van der Waals surface area (Å²) in [6, 6.07) is 0. The summed E-state index contributed by atoms with van der Waals surface area (Å²) < 4.78 is 5.45. The van der Waals surface area contributed by atoms with E-state index >= 15 is 0 Å². The number of nitrogens with one attached hydrogen (secondary N) is 3. The lowest BCUT2D eigenvalue weighted by Crippen LogP contribution is -2.36. The van der Waals surface area contributed by atoms with Gasteiger partial charge in [-0.25, -0.2) is 0 Å². The molecule has 0 spiro atoms. The van der Waals surface area contributed by atoms with Gasteiger partial charge in [-0.2, -0.15) is 0 Å². The average molecular weight is 272 g/mol. The fourth-order valence-corrected chi connectivity index (χ4v) is 2.32. The van der Waals surface area contributed by atoms with E-state index in [0.717, 1.165) is 45.7 Å². The lowest BCUT2D eigenvalue weighted by Gasteiger charge is -2.20. The zero-order chi connectivity index (χ0) is 13.8. The molecule has 1 rings (SSSR count). The van der Waals surface area contributed by atoms with Crippen molar-refractivity contribution in [1.29, 1.82) is 0 Å². The Morgan fingerprint density at radius 2 is 1.53 bits per heavy atom. The van der Waals surface area contributed by atoms with Crippen LogP contribution in [0.15, 0.2) is 0 Å². The molecule has 0 aromatic heterocycles. The van der Waals surface area contributed by atoms with Crippen molar-refractivity contribution in [2.24, 2.45) is 0 Å². The normalized spacial score (nSPS) is 27.2. The highest BCUT2D eigenvalue weighted by molar-refractivity contribution is 4.62. The first-order valence-corrected chi connectivity index (χ1v) is 7.69. The lowest BCUT2D eigenvalue weighted by molar-refractivity contribution is 0.0664. The number of hydrogen-bond donors (Lipinski definition) is 3. The van der Waals surface area contributed by atoms with E-state index in [2.05, 4.69) is 27.9 Å². The fraction of sp³-hybridized carbons (Fsp3) is 1.00. The van der Waals surface area contributed by atoms with E-state index in [1.54, 1.807) is 7.11 Å². The first-order chi connectivity index (χ1) is 9.33. The van der Waals surface area contributed by atoms with E-state index in [9.17, 15) is 0 Å². The number of hydrogen-bond acceptors (Lipinski definition) is 5. The van der Waals surface area contributed by atoms with Gasteiger partial charge >= 0.3 is 0 Å². The molecule has 0 amide bonds. The van der Waals surface area contributed by atoms with E-state index < -0.39 is 0 Å². The molecule has 1 heterocycles. The van der Waals surface area contributed by atoms with Gasteiger partial charge < -0.3 is 20.3 Å². The van der Waals surface area contributed by atoms with Gasteiger partial charge in [-0.3, -0.25) is 5.32 Å². The van der Waals surface area contributed by atoms with E-state index in [-0.39, 0.29) is 6.23 Å². The quantitative estimate of drug-likeness (QED) is 0.638. The zero-order valence-corrected chi connectivity index (χ0v) is 12.7. The van der Waals surface area contributed by atoms with Gasteiger partial charge in [-0.1, -0.05) is 0 Å². The Kier molecular flexibility index (Phi) is 10.3. The van der Waals surface area contributed by atoms with Crippen molar-refractivity contribution in [2.45, 2.75) is 31.9 Å². The Morgan fingerprint density at radius 1 is 0.895 bits per heavy atom. The minimum atomic E-state index is 0.184. The molecule has 0 saturated carbocycles. The highest BCUT2D eigenvalue weighted by Crippen LogP contribution is 1.94. The second-order valence-corrected chi connectivity index (χ2v) is 5.33. The third-order valence-electron chi connectivity index (χ3n) is 3.56. The van der Waals surface area contributed by atoms with Gasteiger partial charge in [0.05, 0.1) is 0 Å². The van der Waals surface area contributed by atoms with Crippen LogP contribution in [-0.4, -0.2) is 71.1 Å². The van der Waals surface area contributed by atoms with Crippen molar-refractivity contribution in [3.05, 3.63) is 0 Å². The summed E-state index contributed by atoms with van der Waals surface area (Å²) in [4.78, 5) is 2.42. The molecule has 1 unspecified atom stereocenters. The minimum absolute atomic E-state index is 0.184. The molecule has 0 aromatic carbocycles. The topological polar surface area (TPSA) is 48.6 Å². The van der Waals surface area contributed by atoms with Crippen molar-refractivity contribution in [3.8, 4) is 0 Å². The van der Waals surface area contributed by atoms with Crippen LogP contribution in [0.5, 0.6) is 0 Å². The molecule has 114 valence electrons. The SMILES string of the molecule is COC1CCNCCCNCCCN(C)CCCN1. The minimum Gasteiger partial charge on any atom is -0.367 e. The average Bonchev–Trinajstić information content (AvgIpc) is 2.41. The maximum absolute atomic E-state index is 5.45. The molecule has 5 nitrogen and oxygen atoms in total. The molecule has 1 saturated heterocycles. The van der Waals surface area contributed by atoms with Gasteiger partial charge in [0, 0.05) is 7.11 Å². The second-order valence-electron chi connectivity index (χ2n) is 5.33. The number of methoxy groups -OCH3 is 1. The van der Waals surface area contributed by atoms with E-state index in [1.807, 2.05) is 0 Å². The molecule has 5 heteroatoms. The van der Waals surface area contributed by atoms with Gasteiger partial charge in [0.15, 0.2) is 0 Å². The van der Waals surface area contributed by atoms with Crippen LogP contribution < -0.4 is 16.0 Å². The molecule has 0 bridgehead atoms. The van der Waals surface area contributed by atoms with Crippen LogP contribution in [0, 0.1) is 0 Å². The Hall–Kier alpha value is -0.200. The summed E-state index contributed by atoms with van der Waals surface area (Å²) in [5.41, 5.74) is 0. The molecule has 1 atom stereocenters. The zero-order valence-electron chi connectivity index (χ0n) is 12.7. The summed E-state index contributed by atoms with van der Waals surface area (Å²) in [6.45, 7) is 7.72. The summed E-state index contributed by atoms with van der Waals surface area (Å²) in [7, 11) is 3.99. The summed E-state index contributed by atoms with van der Waals surface area (Å²) >= 11 is 0. The van der Waals surface area contributed by atoms with Crippen LogP contribution in [0.25, 0.3) is 0 Å². The van der Waals surface area contributed by atoms with Crippen molar-refractivity contribution in [2.75, 3.05) is 60.0 Å². The number of nitrogens with zero attached hydrogens (tertiary/aromatic N) is 1. The van der Waals surface area contributed by atoms with Gasteiger partial charge in [0.25, 0.3) is 0 Å². The molecular weight excluding hydrogens is 240 g/mol. The molecule has 0 aliphatic carbocycles. The van der Waals surface area contributed by atoms with Crippen LogP contribution in [0.1, 0.15) is 25.7 Å². The highest BCUT2D eigenvalue weighted by atomic mass is 16.5. The van der Waals surface area contributed by atoms with Crippen LogP contribution in [0.3, 0.4) is 0 Å². The number of rotatable bonds is 1. The Morgan fingerprint density at radius 3 is 2.26 bits per heavy atom. The van der Waals surface area contributed by atoms with Gasteiger partial charge in [-0.15, -0.1) is 0 Å². The molecule has 1 aliphatic heterocycles. The predicted molar refractivity (Wildman–Crippen MR) is 80.5 cm³/mol. The van der Waals surface area contributed by atoms with E-state index in [1.165, 1.54) is 25.8 Å². The van der Waals surface area contributed by atoms with Crippen LogP contribution in [0.4, 0.5) is 0 Å². The van der Waals surface area contributed by atoms with Crippen LogP contribution in [0.2, 0.25) is 0 Å². The first-order valence-electron chi connectivity index (χ1n) is 7.69. The Labute approximate surface area is 118 Å². The Balaban J connectivity index is 2.23. The van der Waals surface area contributed by atoms with E-state index in [0.29, 0.717) is 0 Å². The molecule has 0 aromatic rings. The standard InChI is InChI=1S/C14H32N4O/c1-18-12-4-9-15-7-3-8-16-11-6-14(19-2)17-10-5-13-18/h14-17H,3-13H2,1-2H3. The van der Waals surface area contributed by atoms with Gasteiger partial charge in [-0.05, 0) is 78.5 Å². The smallest absolute Gasteiger partial charge is 0.108 e. The first kappa shape index (κ1) is 16.9. The molecular formula is C14H32N4O. The summed E-state index contributed by atoms with van der Waals surface area (Å²) in [6.07, 6.45) is 4.82. The van der Waals surface area contributed by atoms with Gasteiger partial charge in [0.1, 0.15) is 6.23 Å². The lowest BCUT2D eigenvalue weighted by atomic mass is 10.3.